The number of fused-ring (bicyclic) bond motifs is 3. The van der Waals surface area contributed by atoms with Crippen LogP contribution in [0.2, 0.25) is 0 Å². The van der Waals surface area contributed by atoms with E-state index in [1.807, 2.05) is 0 Å². The third kappa shape index (κ3) is 3.07. The fraction of sp³-hybridized carbons (Fsp3) is 0.214. The Bertz CT molecular complexity index is 1440. The molecule has 0 fully saturated rings. The summed E-state index contributed by atoms with van der Waals surface area (Å²) in [5, 5.41) is 2.78. The molecule has 5 rings (SSSR count). The van der Waals surface area contributed by atoms with E-state index in [1.165, 1.54) is 14.2 Å². The second-order valence-electron chi connectivity index (χ2n) is 8.50. The van der Waals surface area contributed by atoms with Crippen LogP contribution in [0.4, 0.5) is 5.69 Å². The quantitative estimate of drug-likeness (QED) is 0.341. The maximum atomic E-state index is 13.7. The first-order chi connectivity index (χ1) is 17.4. The van der Waals surface area contributed by atoms with Crippen LogP contribution in [0, 0.1) is 0 Å². The molecule has 2 aliphatic rings. The lowest BCUT2D eigenvalue weighted by Crippen LogP contribution is -2.52. The van der Waals surface area contributed by atoms with Crippen LogP contribution < -0.4 is 14.8 Å². The van der Waals surface area contributed by atoms with Crippen molar-refractivity contribution >= 4 is 29.1 Å². The molecule has 36 heavy (non-hydrogen) atoms. The molecule has 0 saturated carbocycles. The number of rotatable bonds is 5. The van der Waals surface area contributed by atoms with Crippen molar-refractivity contribution < 1.29 is 33.4 Å². The maximum absolute atomic E-state index is 13.7. The van der Waals surface area contributed by atoms with Crippen molar-refractivity contribution in [3.8, 4) is 11.5 Å². The highest BCUT2D eigenvalue weighted by atomic mass is 16.5. The molecule has 8 nitrogen and oxygen atoms in total. The number of benzene rings is 3. The topological polar surface area (TPSA) is 108 Å². The van der Waals surface area contributed by atoms with Gasteiger partial charge in [0.25, 0.3) is 0 Å². The van der Waals surface area contributed by atoms with Gasteiger partial charge in [-0.3, -0.25) is 19.2 Å². The third-order valence-corrected chi connectivity index (χ3v) is 6.74. The summed E-state index contributed by atoms with van der Waals surface area (Å²) in [5.74, 6) is -2.03. The molecule has 0 saturated heterocycles. The van der Waals surface area contributed by atoms with E-state index in [0.717, 1.165) is 0 Å². The molecule has 1 heterocycles. The van der Waals surface area contributed by atoms with Gasteiger partial charge in [0.15, 0.2) is 22.7 Å². The summed E-state index contributed by atoms with van der Waals surface area (Å²) in [6, 6.07) is 15.1. The van der Waals surface area contributed by atoms with Crippen molar-refractivity contribution in [3.63, 3.8) is 0 Å². The number of esters is 1. The Hall–Kier alpha value is -4.46. The normalized spacial score (nSPS) is 17.9. The van der Waals surface area contributed by atoms with Gasteiger partial charge in [-0.2, -0.15) is 0 Å². The molecule has 1 aliphatic heterocycles. The van der Waals surface area contributed by atoms with Crippen LogP contribution >= 0.6 is 0 Å². The highest BCUT2D eigenvalue weighted by molar-refractivity contribution is 6.31. The van der Waals surface area contributed by atoms with Crippen molar-refractivity contribution in [2.24, 2.45) is 0 Å². The largest absolute Gasteiger partial charge is 0.496 e. The Morgan fingerprint density at radius 1 is 0.861 bits per heavy atom. The van der Waals surface area contributed by atoms with Gasteiger partial charge in [-0.1, -0.05) is 54.6 Å². The lowest BCUT2D eigenvalue weighted by atomic mass is 9.70. The summed E-state index contributed by atoms with van der Waals surface area (Å²) in [6.45, 7) is 1.73. The van der Waals surface area contributed by atoms with Gasteiger partial charge >= 0.3 is 5.97 Å². The average Bonchev–Trinajstić information content (AvgIpc) is 2.90. The van der Waals surface area contributed by atoms with Crippen molar-refractivity contribution in [3.05, 3.63) is 88.0 Å². The highest BCUT2D eigenvalue weighted by Gasteiger charge is 2.54. The van der Waals surface area contributed by atoms with Crippen molar-refractivity contribution in [1.29, 1.82) is 0 Å². The van der Waals surface area contributed by atoms with Gasteiger partial charge in [0.2, 0.25) is 5.91 Å². The number of amides is 1. The van der Waals surface area contributed by atoms with Crippen molar-refractivity contribution in [1.82, 2.24) is 0 Å². The molecular formula is C28H23NO7. The van der Waals surface area contributed by atoms with Crippen molar-refractivity contribution in [2.45, 2.75) is 18.8 Å². The lowest BCUT2D eigenvalue weighted by molar-refractivity contribution is -0.153. The van der Waals surface area contributed by atoms with E-state index >= 15 is 0 Å². The van der Waals surface area contributed by atoms with Crippen LogP contribution in [-0.4, -0.2) is 44.3 Å². The molecule has 1 aliphatic carbocycles. The monoisotopic (exact) mass is 485 g/mol. The summed E-state index contributed by atoms with van der Waals surface area (Å²) in [4.78, 5) is 54.3. The Labute approximate surface area is 207 Å². The van der Waals surface area contributed by atoms with E-state index in [4.69, 9.17) is 14.2 Å². The molecular weight excluding hydrogens is 462 g/mol. The van der Waals surface area contributed by atoms with Crippen LogP contribution in [0.25, 0.3) is 0 Å². The number of nitrogens with one attached hydrogen (secondary N) is 1. The number of ketones is 2. The predicted octanol–water partition coefficient (Wildman–Crippen LogP) is 3.47. The van der Waals surface area contributed by atoms with Crippen LogP contribution in [-0.2, 0) is 26.2 Å². The highest BCUT2D eigenvalue weighted by Crippen LogP contribution is 2.51. The number of methoxy groups -OCH3 is 2. The molecule has 8 heteroatoms. The predicted molar refractivity (Wildman–Crippen MR) is 130 cm³/mol. The van der Waals surface area contributed by atoms with E-state index in [2.05, 4.69) is 5.32 Å². The Morgan fingerprint density at radius 3 is 1.97 bits per heavy atom. The van der Waals surface area contributed by atoms with Gasteiger partial charge < -0.3 is 19.5 Å². The van der Waals surface area contributed by atoms with E-state index in [1.54, 1.807) is 61.5 Å². The van der Waals surface area contributed by atoms with E-state index < -0.39 is 28.9 Å². The summed E-state index contributed by atoms with van der Waals surface area (Å²) >= 11 is 0. The van der Waals surface area contributed by atoms with Gasteiger partial charge in [0.1, 0.15) is 5.75 Å². The van der Waals surface area contributed by atoms with Gasteiger partial charge in [-0.15, -0.1) is 0 Å². The van der Waals surface area contributed by atoms with Crippen molar-refractivity contribution in [2.75, 3.05) is 26.1 Å². The zero-order valence-corrected chi connectivity index (χ0v) is 20.0. The second kappa shape index (κ2) is 8.64. The number of carbonyl (C=O) groups excluding carboxylic acids is 4. The number of carbonyl (C=O) groups is 4. The Kier molecular flexibility index (Phi) is 5.59. The molecule has 0 radical (unpaired) electrons. The van der Waals surface area contributed by atoms with Crippen LogP contribution in [0.3, 0.4) is 0 Å². The van der Waals surface area contributed by atoms with Crippen LogP contribution in [0.5, 0.6) is 11.5 Å². The molecule has 0 bridgehead atoms. The number of hydrogen-bond acceptors (Lipinski definition) is 7. The number of anilines is 1. The van der Waals surface area contributed by atoms with Gasteiger partial charge in [-0.25, -0.2) is 0 Å². The fourth-order valence-corrected chi connectivity index (χ4v) is 5.12. The smallest absolute Gasteiger partial charge is 0.326 e. The molecule has 0 spiro atoms. The summed E-state index contributed by atoms with van der Waals surface area (Å²) in [5.41, 5.74) is -0.217. The standard InChI is InChI=1S/C28H23NO7/c1-4-36-27(33)28(15-10-6-5-7-11-15)14-18-21(29-26(28)32)25(35-3)20-19(24(18)34-2)22(30)16-12-8-9-13-17(16)23(20)31/h5-13H,4,14H2,1-3H3,(H,29,32). The molecule has 1 atom stereocenters. The van der Waals surface area contributed by atoms with E-state index in [-0.39, 0.29) is 52.5 Å². The first-order valence-corrected chi connectivity index (χ1v) is 11.4. The first kappa shape index (κ1) is 23.3. The molecule has 3 aromatic rings. The molecule has 0 aromatic heterocycles. The third-order valence-electron chi connectivity index (χ3n) is 6.74. The zero-order chi connectivity index (χ0) is 25.6. The summed E-state index contributed by atoms with van der Waals surface area (Å²) in [6.07, 6.45) is -0.160. The van der Waals surface area contributed by atoms with Gasteiger partial charge in [0.05, 0.1) is 37.6 Å². The SMILES string of the molecule is CCOC(=O)C1(c2ccccc2)Cc2c(c(OC)c3c(c2OC)C(=O)c2ccccc2C3=O)NC1=O. The molecule has 3 aromatic carbocycles. The van der Waals surface area contributed by atoms with E-state index in [0.29, 0.717) is 11.1 Å². The number of hydrogen-bond donors (Lipinski definition) is 1. The summed E-state index contributed by atoms with van der Waals surface area (Å²) in [7, 11) is 2.74. The Balaban J connectivity index is 1.82. The Morgan fingerprint density at radius 2 is 1.42 bits per heavy atom. The minimum Gasteiger partial charge on any atom is -0.496 e. The van der Waals surface area contributed by atoms with E-state index in [9.17, 15) is 19.2 Å². The fourth-order valence-electron chi connectivity index (χ4n) is 5.12. The average molecular weight is 485 g/mol. The maximum Gasteiger partial charge on any atom is 0.326 e. The molecule has 1 N–H and O–H groups in total. The lowest BCUT2D eigenvalue weighted by Gasteiger charge is -2.37. The van der Waals surface area contributed by atoms with Crippen LogP contribution in [0.15, 0.2) is 54.6 Å². The minimum absolute atomic E-state index is 0.0143. The van der Waals surface area contributed by atoms with Gasteiger partial charge in [0, 0.05) is 23.1 Å². The zero-order valence-electron chi connectivity index (χ0n) is 20.0. The van der Waals surface area contributed by atoms with Gasteiger partial charge in [-0.05, 0) is 12.5 Å². The van der Waals surface area contributed by atoms with Crippen LogP contribution in [0.1, 0.15) is 49.9 Å². The number of ether oxygens (including phenoxy) is 3. The molecule has 182 valence electrons. The summed E-state index contributed by atoms with van der Waals surface area (Å²) < 4.78 is 16.7. The second-order valence-corrected chi connectivity index (χ2v) is 8.50. The molecule has 1 amide bonds. The minimum atomic E-state index is -1.74. The molecule has 1 unspecified atom stereocenters. The first-order valence-electron chi connectivity index (χ1n) is 11.4.